The highest BCUT2D eigenvalue weighted by Crippen LogP contribution is 2.19. The third-order valence-electron chi connectivity index (χ3n) is 4.00. The topological polar surface area (TPSA) is 110 Å². The smallest absolute Gasteiger partial charge is 0.330 e. The van der Waals surface area contributed by atoms with Gasteiger partial charge in [-0.05, 0) is 35.4 Å². The van der Waals surface area contributed by atoms with Gasteiger partial charge in [0.1, 0.15) is 5.75 Å². The fourth-order valence-corrected chi connectivity index (χ4v) is 3.45. The van der Waals surface area contributed by atoms with Crippen molar-refractivity contribution in [3.63, 3.8) is 0 Å². The molecule has 27 heavy (non-hydrogen) atoms. The average Bonchev–Trinajstić information content (AvgIpc) is 2.66. The molecule has 2 aromatic rings. The van der Waals surface area contributed by atoms with Crippen LogP contribution in [0, 0.1) is 0 Å². The Morgan fingerprint density at radius 1 is 1.15 bits per heavy atom. The molecule has 2 aromatic carbocycles. The van der Waals surface area contributed by atoms with Crippen molar-refractivity contribution < 1.29 is 27.9 Å². The summed E-state index contributed by atoms with van der Waals surface area (Å²) in [5.41, 5.74) is 0.889. The van der Waals surface area contributed by atoms with Crippen molar-refractivity contribution in [1.29, 1.82) is 0 Å². The SMILES string of the molecule is CCS(=O)(=O)c1cccc(CC(=O)NC(C(=O)O)c2ccc(OC)cc2)c1. The van der Waals surface area contributed by atoms with E-state index < -0.39 is 27.8 Å². The standard InChI is InChI=1S/C19H21NO6S/c1-3-27(24,25)16-6-4-5-13(11-16)12-17(21)20-18(19(22)23)14-7-9-15(26-2)10-8-14/h4-11,18H,3,12H2,1-2H3,(H,20,21)(H,22,23). The van der Waals surface area contributed by atoms with Crippen LogP contribution < -0.4 is 10.1 Å². The number of benzene rings is 2. The molecule has 0 bridgehead atoms. The summed E-state index contributed by atoms with van der Waals surface area (Å²) >= 11 is 0. The molecule has 2 N–H and O–H groups in total. The lowest BCUT2D eigenvalue weighted by atomic mass is 10.1. The number of methoxy groups -OCH3 is 1. The second kappa shape index (κ2) is 8.68. The maximum Gasteiger partial charge on any atom is 0.330 e. The van der Waals surface area contributed by atoms with Gasteiger partial charge in [-0.15, -0.1) is 0 Å². The number of amides is 1. The van der Waals surface area contributed by atoms with Gasteiger partial charge < -0.3 is 15.2 Å². The van der Waals surface area contributed by atoms with Gasteiger partial charge in [0.05, 0.1) is 24.2 Å². The molecule has 2 rings (SSSR count). The third kappa shape index (κ3) is 5.30. The van der Waals surface area contributed by atoms with Gasteiger partial charge in [0, 0.05) is 0 Å². The van der Waals surface area contributed by atoms with Crippen LogP contribution >= 0.6 is 0 Å². The van der Waals surface area contributed by atoms with Crippen molar-refractivity contribution >= 4 is 21.7 Å². The van der Waals surface area contributed by atoms with Gasteiger partial charge in [0.15, 0.2) is 15.9 Å². The van der Waals surface area contributed by atoms with Crippen molar-refractivity contribution in [3.05, 3.63) is 59.7 Å². The van der Waals surface area contributed by atoms with Gasteiger partial charge in [0.25, 0.3) is 0 Å². The van der Waals surface area contributed by atoms with Crippen molar-refractivity contribution in [3.8, 4) is 5.75 Å². The highest BCUT2D eigenvalue weighted by Gasteiger charge is 2.22. The van der Waals surface area contributed by atoms with Crippen LogP contribution in [0.5, 0.6) is 5.75 Å². The van der Waals surface area contributed by atoms with E-state index in [4.69, 9.17) is 4.74 Å². The molecule has 0 saturated carbocycles. The number of hydrogen-bond acceptors (Lipinski definition) is 5. The van der Waals surface area contributed by atoms with E-state index in [0.29, 0.717) is 16.9 Å². The van der Waals surface area contributed by atoms with E-state index in [-0.39, 0.29) is 17.1 Å². The van der Waals surface area contributed by atoms with Crippen molar-refractivity contribution in [2.45, 2.75) is 24.3 Å². The molecule has 0 saturated heterocycles. The summed E-state index contributed by atoms with van der Waals surface area (Å²) in [5, 5.41) is 11.9. The Kier molecular flexibility index (Phi) is 6.57. The summed E-state index contributed by atoms with van der Waals surface area (Å²) in [6.07, 6.45) is -0.132. The first-order valence-corrected chi connectivity index (χ1v) is 9.90. The number of carbonyl (C=O) groups excluding carboxylic acids is 1. The summed E-state index contributed by atoms with van der Waals surface area (Å²) in [6, 6.07) is 11.2. The van der Waals surface area contributed by atoms with Crippen LogP contribution in [-0.2, 0) is 25.8 Å². The summed E-state index contributed by atoms with van der Waals surface area (Å²) < 4.78 is 28.9. The van der Waals surface area contributed by atoms with Gasteiger partial charge in [-0.3, -0.25) is 4.79 Å². The van der Waals surface area contributed by atoms with Crippen LogP contribution in [0.1, 0.15) is 24.1 Å². The zero-order valence-electron chi connectivity index (χ0n) is 15.0. The van der Waals surface area contributed by atoms with Crippen LogP contribution in [0.4, 0.5) is 0 Å². The number of ether oxygens (including phenoxy) is 1. The van der Waals surface area contributed by atoms with Crippen LogP contribution in [0.2, 0.25) is 0 Å². The first kappa shape index (κ1) is 20.4. The first-order valence-electron chi connectivity index (χ1n) is 8.24. The molecule has 0 aliphatic rings. The molecule has 144 valence electrons. The summed E-state index contributed by atoms with van der Waals surface area (Å²) in [4.78, 5) is 24.0. The fourth-order valence-electron chi connectivity index (χ4n) is 2.50. The number of aliphatic carboxylic acids is 1. The van der Waals surface area contributed by atoms with E-state index in [9.17, 15) is 23.1 Å². The zero-order valence-corrected chi connectivity index (χ0v) is 15.8. The largest absolute Gasteiger partial charge is 0.497 e. The number of hydrogen-bond donors (Lipinski definition) is 2. The van der Waals surface area contributed by atoms with E-state index in [0.717, 1.165) is 0 Å². The molecular weight excluding hydrogens is 370 g/mol. The average molecular weight is 391 g/mol. The lowest BCUT2D eigenvalue weighted by Crippen LogP contribution is -2.34. The summed E-state index contributed by atoms with van der Waals surface area (Å²) in [6.45, 7) is 1.54. The Balaban J connectivity index is 2.14. The van der Waals surface area contributed by atoms with Gasteiger partial charge in [-0.2, -0.15) is 0 Å². The monoisotopic (exact) mass is 391 g/mol. The van der Waals surface area contributed by atoms with Crippen molar-refractivity contribution in [1.82, 2.24) is 5.32 Å². The molecule has 1 atom stereocenters. The number of nitrogens with one attached hydrogen (secondary N) is 1. The Morgan fingerprint density at radius 2 is 1.81 bits per heavy atom. The minimum absolute atomic E-state index is 0.0405. The van der Waals surface area contributed by atoms with Crippen LogP contribution in [0.15, 0.2) is 53.4 Å². The van der Waals surface area contributed by atoms with Crippen LogP contribution in [0.3, 0.4) is 0 Å². The van der Waals surface area contributed by atoms with Crippen molar-refractivity contribution in [2.24, 2.45) is 0 Å². The van der Waals surface area contributed by atoms with Gasteiger partial charge >= 0.3 is 5.97 Å². The lowest BCUT2D eigenvalue weighted by Gasteiger charge is -2.15. The van der Waals surface area contributed by atoms with E-state index in [1.807, 2.05) is 0 Å². The minimum atomic E-state index is -3.38. The molecular formula is C19H21NO6S. The first-order chi connectivity index (χ1) is 12.8. The lowest BCUT2D eigenvalue weighted by molar-refractivity contribution is -0.142. The number of carboxylic acid groups (broad SMARTS) is 1. The molecule has 0 aliphatic carbocycles. The van der Waals surface area contributed by atoms with Gasteiger partial charge in [0.2, 0.25) is 5.91 Å². The second-order valence-corrected chi connectivity index (χ2v) is 8.12. The Bertz CT molecular complexity index is 921. The Labute approximate surface area is 157 Å². The van der Waals surface area contributed by atoms with E-state index in [2.05, 4.69) is 5.32 Å². The molecule has 0 spiro atoms. The molecule has 0 aliphatic heterocycles. The van der Waals surface area contributed by atoms with E-state index >= 15 is 0 Å². The number of carboxylic acids is 1. The molecule has 0 aromatic heterocycles. The Morgan fingerprint density at radius 3 is 2.37 bits per heavy atom. The molecule has 1 amide bonds. The quantitative estimate of drug-likeness (QED) is 0.712. The second-order valence-electron chi connectivity index (χ2n) is 5.84. The number of sulfone groups is 1. The van der Waals surface area contributed by atoms with Crippen LogP contribution in [0.25, 0.3) is 0 Å². The highest BCUT2D eigenvalue weighted by molar-refractivity contribution is 7.91. The maximum atomic E-state index is 12.3. The minimum Gasteiger partial charge on any atom is -0.497 e. The number of carbonyl (C=O) groups is 2. The normalized spacial score (nSPS) is 12.2. The predicted molar refractivity (Wildman–Crippen MR) is 99.4 cm³/mol. The molecule has 0 radical (unpaired) electrons. The van der Waals surface area contributed by atoms with Gasteiger partial charge in [-0.1, -0.05) is 31.2 Å². The van der Waals surface area contributed by atoms with E-state index in [1.54, 1.807) is 43.3 Å². The number of rotatable bonds is 8. The third-order valence-corrected chi connectivity index (χ3v) is 5.74. The molecule has 0 fully saturated rings. The highest BCUT2D eigenvalue weighted by atomic mass is 32.2. The molecule has 1 unspecified atom stereocenters. The Hall–Kier alpha value is -2.87. The molecule has 7 nitrogen and oxygen atoms in total. The molecule has 8 heteroatoms. The van der Waals surface area contributed by atoms with Crippen molar-refractivity contribution in [2.75, 3.05) is 12.9 Å². The van der Waals surface area contributed by atoms with Gasteiger partial charge in [-0.25, -0.2) is 13.2 Å². The zero-order chi connectivity index (χ0) is 20.0. The summed E-state index contributed by atoms with van der Waals surface area (Å²) in [5.74, 6) is -1.19. The van der Waals surface area contributed by atoms with Crippen LogP contribution in [-0.4, -0.2) is 38.3 Å². The molecule has 0 heterocycles. The fraction of sp³-hybridized carbons (Fsp3) is 0.263. The van der Waals surface area contributed by atoms with E-state index in [1.165, 1.54) is 19.2 Å². The summed E-state index contributed by atoms with van der Waals surface area (Å²) in [7, 11) is -1.88. The maximum absolute atomic E-state index is 12.3. The predicted octanol–water partition coefficient (Wildman–Crippen LogP) is 1.97.